The van der Waals surface area contributed by atoms with E-state index < -0.39 is 5.41 Å². The number of nitrogens with zero attached hydrogens (tertiary/aromatic N) is 1. The number of nitrogens with one attached hydrogen (secondary N) is 2. The fraction of sp³-hybridized carbons (Fsp3) is 0.235. The molecule has 0 saturated carbocycles. The van der Waals surface area contributed by atoms with Crippen LogP contribution in [0.2, 0.25) is 0 Å². The highest BCUT2D eigenvalue weighted by Gasteiger charge is 2.22. The predicted octanol–water partition coefficient (Wildman–Crippen LogP) is 3.82. The maximum absolute atomic E-state index is 12.5. The number of rotatable bonds is 1. The third-order valence-electron chi connectivity index (χ3n) is 3.57. The van der Waals surface area contributed by atoms with Crippen molar-refractivity contribution < 1.29 is 4.79 Å². The molecular weight excluding hydrogens is 358 g/mol. The topological polar surface area (TPSA) is 74.8 Å². The summed E-state index contributed by atoms with van der Waals surface area (Å²) in [5.74, 6) is -0.0414. The number of anilines is 1. The number of halogens is 1. The van der Waals surface area contributed by atoms with Gasteiger partial charge in [0.2, 0.25) is 11.9 Å². The highest BCUT2D eigenvalue weighted by atomic mass is 79.9. The van der Waals surface area contributed by atoms with Crippen LogP contribution < -0.4 is 10.9 Å². The maximum Gasteiger partial charge on any atom is 0.260 e. The number of amides is 1. The number of H-pyrrole nitrogens is 1. The molecular formula is C17H16BrN3O2. The molecule has 1 amide bonds. The SMILES string of the molecule is CC(C)(C)C(=O)Nc1nc2ccc3ccc(Br)cc3c2c(=O)[nH]1. The summed E-state index contributed by atoms with van der Waals surface area (Å²) in [7, 11) is 0. The first kappa shape index (κ1) is 15.7. The molecule has 3 aromatic rings. The Labute approximate surface area is 141 Å². The molecule has 0 bridgehead atoms. The van der Waals surface area contributed by atoms with Crippen LogP contribution in [0.3, 0.4) is 0 Å². The van der Waals surface area contributed by atoms with E-state index in [2.05, 4.69) is 31.2 Å². The van der Waals surface area contributed by atoms with Crippen LogP contribution in [0, 0.1) is 5.41 Å². The fourth-order valence-electron chi connectivity index (χ4n) is 2.28. The third-order valence-corrected chi connectivity index (χ3v) is 4.06. The molecule has 0 radical (unpaired) electrons. The number of carbonyl (C=O) groups excluding carboxylic acids is 1. The van der Waals surface area contributed by atoms with Crippen LogP contribution >= 0.6 is 15.9 Å². The number of fused-ring (bicyclic) bond motifs is 3. The first-order valence-corrected chi connectivity index (χ1v) is 7.99. The molecule has 2 aromatic carbocycles. The van der Waals surface area contributed by atoms with Crippen molar-refractivity contribution in [2.24, 2.45) is 5.41 Å². The molecule has 5 nitrogen and oxygen atoms in total. The van der Waals surface area contributed by atoms with Gasteiger partial charge in [0.1, 0.15) is 0 Å². The second kappa shape index (κ2) is 5.45. The Balaban J connectivity index is 2.18. The minimum Gasteiger partial charge on any atom is -0.296 e. The van der Waals surface area contributed by atoms with Gasteiger partial charge in [0.25, 0.3) is 5.56 Å². The van der Waals surface area contributed by atoms with Gasteiger partial charge in [-0.05, 0) is 29.0 Å². The highest BCUT2D eigenvalue weighted by molar-refractivity contribution is 9.10. The van der Waals surface area contributed by atoms with E-state index >= 15 is 0 Å². The van der Waals surface area contributed by atoms with Gasteiger partial charge in [0, 0.05) is 9.89 Å². The van der Waals surface area contributed by atoms with Crippen molar-refractivity contribution in [3.05, 3.63) is 45.2 Å². The molecule has 118 valence electrons. The normalized spacial score (nSPS) is 11.8. The van der Waals surface area contributed by atoms with Gasteiger partial charge >= 0.3 is 0 Å². The van der Waals surface area contributed by atoms with Crippen molar-refractivity contribution in [2.45, 2.75) is 20.8 Å². The Kier molecular flexibility index (Phi) is 3.72. The zero-order valence-electron chi connectivity index (χ0n) is 13.0. The van der Waals surface area contributed by atoms with Crippen LogP contribution in [0.1, 0.15) is 20.8 Å². The molecule has 1 heterocycles. The summed E-state index contributed by atoms with van der Waals surface area (Å²) in [6, 6.07) is 9.45. The quantitative estimate of drug-likeness (QED) is 0.636. The molecule has 0 fully saturated rings. The molecule has 23 heavy (non-hydrogen) atoms. The standard InChI is InChI=1S/C17H16BrN3O2/c1-17(2,3)15(23)21-16-19-12-7-5-9-4-6-10(18)8-11(9)13(12)14(22)20-16/h4-8H,1-3H3,(H2,19,20,21,22,23). The molecule has 0 aliphatic rings. The first-order chi connectivity index (χ1) is 10.8. The van der Waals surface area contributed by atoms with Crippen LogP contribution in [0.15, 0.2) is 39.6 Å². The monoisotopic (exact) mass is 373 g/mol. The van der Waals surface area contributed by atoms with E-state index in [9.17, 15) is 9.59 Å². The zero-order valence-corrected chi connectivity index (χ0v) is 14.6. The number of aromatic nitrogens is 2. The predicted molar refractivity (Wildman–Crippen MR) is 95.7 cm³/mol. The lowest BCUT2D eigenvalue weighted by atomic mass is 9.96. The Morgan fingerprint density at radius 2 is 1.91 bits per heavy atom. The summed E-state index contributed by atoms with van der Waals surface area (Å²) in [6.07, 6.45) is 0. The van der Waals surface area contributed by atoms with E-state index in [0.717, 1.165) is 15.2 Å². The molecule has 1 aromatic heterocycles. The average Bonchev–Trinajstić information content (AvgIpc) is 2.45. The summed E-state index contributed by atoms with van der Waals surface area (Å²) in [4.78, 5) is 31.6. The largest absolute Gasteiger partial charge is 0.296 e. The van der Waals surface area contributed by atoms with Crippen molar-refractivity contribution in [3.8, 4) is 0 Å². The summed E-state index contributed by atoms with van der Waals surface area (Å²) >= 11 is 3.42. The van der Waals surface area contributed by atoms with Crippen molar-refractivity contribution in [3.63, 3.8) is 0 Å². The smallest absolute Gasteiger partial charge is 0.260 e. The number of benzene rings is 2. The van der Waals surface area contributed by atoms with Crippen LogP contribution in [-0.2, 0) is 4.79 Å². The second-order valence-corrected chi connectivity index (χ2v) is 7.36. The van der Waals surface area contributed by atoms with Crippen LogP contribution in [0.25, 0.3) is 21.7 Å². The van der Waals surface area contributed by atoms with Crippen molar-refractivity contribution >= 4 is 49.5 Å². The third kappa shape index (κ3) is 2.99. The lowest BCUT2D eigenvalue weighted by Gasteiger charge is -2.17. The molecule has 0 atom stereocenters. The molecule has 6 heteroatoms. The fourth-order valence-corrected chi connectivity index (χ4v) is 2.65. The van der Waals surface area contributed by atoms with Gasteiger partial charge in [-0.25, -0.2) is 4.98 Å². The molecule has 0 aliphatic carbocycles. The van der Waals surface area contributed by atoms with E-state index in [1.807, 2.05) is 24.3 Å². The summed E-state index contributed by atoms with van der Waals surface area (Å²) in [5.41, 5.74) is -0.298. The zero-order chi connectivity index (χ0) is 16.8. The van der Waals surface area contributed by atoms with E-state index in [0.29, 0.717) is 10.9 Å². The summed E-state index contributed by atoms with van der Waals surface area (Å²) in [5, 5.41) is 4.95. The number of aromatic amines is 1. The highest BCUT2D eigenvalue weighted by Crippen LogP contribution is 2.25. The average molecular weight is 374 g/mol. The molecule has 3 rings (SSSR count). The molecule has 0 aliphatic heterocycles. The van der Waals surface area contributed by atoms with Gasteiger partial charge in [0.05, 0.1) is 10.9 Å². The lowest BCUT2D eigenvalue weighted by Crippen LogP contribution is -2.29. The number of carbonyl (C=O) groups is 1. The molecule has 0 spiro atoms. The minimum atomic E-state index is -0.568. The van der Waals surface area contributed by atoms with Crippen LogP contribution in [0.5, 0.6) is 0 Å². The first-order valence-electron chi connectivity index (χ1n) is 7.19. The maximum atomic E-state index is 12.5. The summed E-state index contributed by atoms with van der Waals surface area (Å²) < 4.78 is 0.891. The second-order valence-electron chi connectivity index (χ2n) is 6.44. The Morgan fingerprint density at radius 3 is 2.61 bits per heavy atom. The van der Waals surface area contributed by atoms with Crippen LogP contribution in [-0.4, -0.2) is 15.9 Å². The van der Waals surface area contributed by atoms with E-state index in [4.69, 9.17) is 0 Å². The van der Waals surface area contributed by atoms with E-state index in [-0.39, 0.29) is 17.4 Å². The van der Waals surface area contributed by atoms with Gasteiger partial charge in [-0.1, -0.05) is 48.8 Å². The molecule has 2 N–H and O–H groups in total. The van der Waals surface area contributed by atoms with Gasteiger partial charge in [-0.3, -0.25) is 19.9 Å². The Bertz CT molecular complexity index is 987. The Morgan fingerprint density at radius 1 is 1.22 bits per heavy atom. The van der Waals surface area contributed by atoms with Gasteiger partial charge < -0.3 is 0 Å². The van der Waals surface area contributed by atoms with Crippen LogP contribution in [0.4, 0.5) is 5.95 Å². The van der Waals surface area contributed by atoms with E-state index in [1.165, 1.54) is 0 Å². The number of hydrogen-bond donors (Lipinski definition) is 2. The minimum absolute atomic E-state index is 0.164. The lowest BCUT2D eigenvalue weighted by molar-refractivity contribution is -0.123. The molecule has 0 unspecified atom stereocenters. The van der Waals surface area contributed by atoms with Gasteiger partial charge in [-0.15, -0.1) is 0 Å². The summed E-state index contributed by atoms with van der Waals surface area (Å²) in [6.45, 7) is 5.39. The Hall–Kier alpha value is -2.21. The molecule has 0 saturated heterocycles. The van der Waals surface area contributed by atoms with Crippen molar-refractivity contribution in [1.29, 1.82) is 0 Å². The van der Waals surface area contributed by atoms with Gasteiger partial charge in [-0.2, -0.15) is 0 Å². The van der Waals surface area contributed by atoms with Crippen molar-refractivity contribution in [1.82, 2.24) is 9.97 Å². The van der Waals surface area contributed by atoms with Gasteiger partial charge in [0.15, 0.2) is 0 Å². The van der Waals surface area contributed by atoms with E-state index in [1.54, 1.807) is 26.8 Å². The van der Waals surface area contributed by atoms with Crippen molar-refractivity contribution in [2.75, 3.05) is 5.32 Å². The number of hydrogen-bond acceptors (Lipinski definition) is 3.